The van der Waals surface area contributed by atoms with E-state index in [1.807, 2.05) is 30.7 Å². The van der Waals surface area contributed by atoms with Crippen LogP contribution in [-0.2, 0) is 0 Å². The molecule has 1 aromatic carbocycles. The second-order valence-corrected chi connectivity index (χ2v) is 5.83. The number of nitrogens with zero attached hydrogens (tertiary/aromatic N) is 1. The molecule has 2 heterocycles. The number of benzene rings is 1. The van der Waals surface area contributed by atoms with Crippen molar-refractivity contribution in [2.45, 2.75) is 13.8 Å². The Bertz CT molecular complexity index is 874. The number of pyridine rings is 1. The number of hydrogen-bond acceptors (Lipinski definition) is 5. The first-order valence-electron chi connectivity index (χ1n) is 7.64. The first-order valence-corrected chi connectivity index (χ1v) is 8.58. The second kappa shape index (κ2) is 6.88. The highest BCUT2D eigenvalue weighted by molar-refractivity contribution is 7.08. The van der Waals surface area contributed by atoms with Gasteiger partial charge in [-0.05, 0) is 37.4 Å². The van der Waals surface area contributed by atoms with E-state index in [0.717, 1.165) is 5.56 Å². The topological polar surface area (TPSA) is 68.7 Å². The number of carboxylic acids is 1. The Kier molecular flexibility index (Phi) is 4.66. The van der Waals surface area contributed by atoms with Gasteiger partial charge < -0.3 is 14.6 Å². The number of carbonyl (C=O) groups is 1. The van der Waals surface area contributed by atoms with Crippen molar-refractivity contribution in [3.63, 3.8) is 0 Å². The van der Waals surface area contributed by atoms with Crippen molar-refractivity contribution in [3.8, 4) is 22.8 Å². The van der Waals surface area contributed by atoms with Gasteiger partial charge in [0.2, 0.25) is 0 Å². The molecule has 2 aromatic heterocycles. The summed E-state index contributed by atoms with van der Waals surface area (Å²) in [5.74, 6) is 0.100. The maximum absolute atomic E-state index is 11.7. The second-order valence-electron chi connectivity index (χ2n) is 5.05. The van der Waals surface area contributed by atoms with Crippen molar-refractivity contribution in [2.24, 2.45) is 0 Å². The summed E-state index contributed by atoms with van der Waals surface area (Å²) in [6.07, 6.45) is 0. The van der Waals surface area contributed by atoms with Gasteiger partial charge in [0, 0.05) is 22.4 Å². The summed E-state index contributed by atoms with van der Waals surface area (Å²) in [6, 6.07) is 6.95. The fourth-order valence-electron chi connectivity index (χ4n) is 2.51. The van der Waals surface area contributed by atoms with Crippen molar-refractivity contribution in [2.75, 3.05) is 13.2 Å². The average molecular weight is 343 g/mol. The van der Waals surface area contributed by atoms with Gasteiger partial charge in [-0.3, -0.25) is 0 Å². The maximum atomic E-state index is 11.7. The first kappa shape index (κ1) is 16.3. The summed E-state index contributed by atoms with van der Waals surface area (Å²) in [7, 11) is 0. The number of aromatic carboxylic acids is 1. The number of thiophene rings is 1. The fraction of sp³-hybridized carbons (Fsp3) is 0.222. The van der Waals surface area contributed by atoms with E-state index in [1.165, 1.54) is 0 Å². The van der Waals surface area contributed by atoms with Crippen LogP contribution in [0.3, 0.4) is 0 Å². The molecule has 0 saturated carbocycles. The zero-order valence-corrected chi connectivity index (χ0v) is 14.2. The van der Waals surface area contributed by atoms with E-state index in [-0.39, 0.29) is 5.56 Å². The van der Waals surface area contributed by atoms with Gasteiger partial charge in [0.15, 0.2) is 11.5 Å². The smallest absolute Gasteiger partial charge is 0.336 e. The van der Waals surface area contributed by atoms with Crippen LogP contribution in [0.25, 0.3) is 22.2 Å². The van der Waals surface area contributed by atoms with E-state index >= 15 is 0 Å². The van der Waals surface area contributed by atoms with Gasteiger partial charge in [0.1, 0.15) is 0 Å². The van der Waals surface area contributed by atoms with E-state index in [9.17, 15) is 9.90 Å². The lowest BCUT2D eigenvalue weighted by Crippen LogP contribution is -2.03. The molecule has 5 nitrogen and oxygen atoms in total. The number of fused-ring (bicyclic) bond motifs is 1. The molecule has 0 aliphatic rings. The van der Waals surface area contributed by atoms with E-state index in [2.05, 4.69) is 4.98 Å². The quantitative estimate of drug-likeness (QED) is 0.716. The monoisotopic (exact) mass is 343 g/mol. The lowest BCUT2D eigenvalue weighted by molar-refractivity contribution is 0.0699. The molecule has 0 atom stereocenters. The number of carboxylic acid groups (broad SMARTS) is 1. The van der Waals surface area contributed by atoms with Crippen molar-refractivity contribution in [1.82, 2.24) is 4.98 Å². The van der Waals surface area contributed by atoms with Crippen LogP contribution in [0.2, 0.25) is 0 Å². The number of ether oxygens (including phenoxy) is 2. The SMILES string of the molecule is CCOc1cc2nc(-c3ccsc3)cc(C(=O)O)c2cc1OCC. The Morgan fingerprint density at radius 3 is 2.46 bits per heavy atom. The minimum Gasteiger partial charge on any atom is -0.490 e. The number of hydrogen-bond donors (Lipinski definition) is 1. The zero-order chi connectivity index (χ0) is 17.1. The molecule has 0 fully saturated rings. The third kappa shape index (κ3) is 3.05. The van der Waals surface area contributed by atoms with Crippen LogP contribution < -0.4 is 9.47 Å². The molecule has 3 rings (SSSR count). The van der Waals surface area contributed by atoms with Gasteiger partial charge in [-0.25, -0.2) is 9.78 Å². The Hall–Kier alpha value is -2.60. The van der Waals surface area contributed by atoms with Crippen LogP contribution in [0.1, 0.15) is 24.2 Å². The van der Waals surface area contributed by atoms with Crippen LogP contribution in [-0.4, -0.2) is 29.3 Å². The predicted octanol–water partition coefficient (Wildman–Crippen LogP) is 4.46. The summed E-state index contributed by atoms with van der Waals surface area (Å²) in [6.45, 7) is 4.71. The summed E-state index contributed by atoms with van der Waals surface area (Å²) in [5.41, 5.74) is 2.30. The molecule has 0 aliphatic carbocycles. The first-order chi connectivity index (χ1) is 11.6. The molecule has 124 valence electrons. The van der Waals surface area contributed by atoms with Gasteiger partial charge in [-0.15, -0.1) is 0 Å². The lowest BCUT2D eigenvalue weighted by Gasteiger charge is -2.13. The zero-order valence-electron chi connectivity index (χ0n) is 13.4. The largest absolute Gasteiger partial charge is 0.490 e. The van der Waals surface area contributed by atoms with E-state index < -0.39 is 5.97 Å². The van der Waals surface area contributed by atoms with Crippen LogP contribution in [0, 0.1) is 0 Å². The van der Waals surface area contributed by atoms with Crippen LogP contribution >= 0.6 is 11.3 Å². The van der Waals surface area contributed by atoms with Crippen molar-refractivity contribution < 1.29 is 19.4 Å². The average Bonchev–Trinajstić information content (AvgIpc) is 3.09. The summed E-state index contributed by atoms with van der Waals surface area (Å²) in [5, 5.41) is 14.0. The highest BCUT2D eigenvalue weighted by atomic mass is 32.1. The maximum Gasteiger partial charge on any atom is 0.336 e. The molecule has 0 radical (unpaired) electrons. The standard InChI is InChI=1S/C18H17NO4S/c1-3-22-16-8-12-13(18(20)21)7-14(11-5-6-24-10-11)19-15(12)9-17(16)23-4-2/h5-10H,3-4H2,1-2H3,(H,20,21). The summed E-state index contributed by atoms with van der Waals surface area (Å²) < 4.78 is 11.2. The molecule has 0 spiro atoms. The van der Waals surface area contributed by atoms with Crippen molar-refractivity contribution in [1.29, 1.82) is 0 Å². The molecular formula is C18H17NO4S. The molecule has 6 heteroatoms. The summed E-state index contributed by atoms with van der Waals surface area (Å²) >= 11 is 1.54. The highest BCUT2D eigenvalue weighted by Crippen LogP contribution is 2.35. The number of rotatable bonds is 6. The molecule has 3 aromatic rings. The van der Waals surface area contributed by atoms with Crippen LogP contribution in [0.15, 0.2) is 35.0 Å². The molecule has 1 N–H and O–H groups in total. The fourth-order valence-corrected chi connectivity index (χ4v) is 3.16. The van der Waals surface area contributed by atoms with Crippen LogP contribution in [0.5, 0.6) is 11.5 Å². The van der Waals surface area contributed by atoms with E-state index in [4.69, 9.17) is 9.47 Å². The van der Waals surface area contributed by atoms with Crippen molar-refractivity contribution >= 4 is 28.2 Å². The van der Waals surface area contributed by atoms with Gasteiger partial charge in [-0.1, -0.05) is 0 Å². The Morgan fingerprint density at radius 2 is 1.88 bits per heavy atom. The third-order valence-electron chi connectivity index (χ3n) is 3.52. The van der Waals surface area contributed by atoms with Gasteiger partial charge in [0.05, 0.1) is 30.0 Å². The molecule has 0 amide bonds. The molecular weight excluding hydrogens is 326 g/mol. The van der Waals surface area contributed by atoms with E-state index in [1.54, 1.807) is 29.5 Å². The third-order valence-corrected chi connectivity index (χ3v) is 4.20. The molecule has 0 saturated heterocycles. The summed E-state index contributed by atoms with van der Waals surface area (Å²) in [4.78, 5) is 16.3. The van der Waals surface area contributed by atoms with Crippen molar-refractivity contribution in [3.05, 3.63) is 40.6 Å². The molecule has 24 heavy (non-hydrogen) atoms. The Morgan fingerprint density at radius 1 is 1.17 bits per heavy atom. The van der Waals surface area contributed by atoms with Gasteiger partial charge in [-0.2, -0.15) is 11.3 Å². The molecule has 0 unspecified atom stereocenters. The lowest BCUT2D eigenvalue weighted by atomic mass is 10.0. The highest BCUT2D eigenvalue weighted by Gasteiger charge is 2.17. The normalized spacial score (nSPS) is 10.8. The Balaban J connectivity index is 2.27. The molecule has 0 aliphatic heterocycles. The van der Waals surface area contributed by atoms with Gasteiger partial charge in [0.25, 0.3) is 0 Å². The molecule has 0 bridgehead atoms. The predicted molar refractivity (Wildman–Crippen MR) is 94.4 cm³/mol. The van der Waals surface area contributed by atoms with Gasteiger partial charge >= 0.3 is 5.97 Å². The van der Waals surface area contributed by atoms with E-state index in [0.29, 0.717) is 41.3 Å². The Labute approximate surface area is 143 Å². The van der Waals surface area contributed by atoms with Crippen LogP contribution in [0.4, 0.5) is 0 Å². The minimum atomic E-state index is -0.995. The minimum absolute atomic E-state index is 0.199. The number of aromatic nitrogens is 1.